The van der Waals surface area contributed by atoms with Crippen LogP contribution in [0, 0.1) is 0 Å². The highest BCUT2D eigenvalue weighted by molar-refractivity contribution is 5.66. The number of hydrogen-bond acceptors (Lipinski definition) is 1. The van der Waals surface area contributed by atoms with Gasteiger partial charge < -0.3 is 0 Å². The topological polar surface area (TPSA) is 17.8 Å². The molecule has 4 heteroatoms. The van der Waals surface area contributed by atoms with E-state index in [1.165, 1.54) is 4.68 Å². The molecule has 1 aliphatic rings. The van der Waals surface area contributed by atoms with Crippen molar-refractivity contribution in [2.75, 3.05) is 0 Å². The van der Waals surface area contributed by atoms with Crippen LogP contribution in [0.4, 0.5) is 8.78 Å². The molecule has 0 bridgehead atoms. The fourth-order valence-electron chi connectivity index (χ4n) is 2.05. The Bertz CT molecular complexity index is 380. The minimum absolute atomic E-state index is 0.0663. The average molecular weight is 198 g/mol. The van der Waals surface area contributed by atoms with Crippen LogP contribution in [0.25, 0.3) is 5.57 Å². The monoisotopic (exact) mass is 198 g/mol. The molecule has 0 radical (unpaired) electrons. The summed E-state index contributed by atoms with van der Waals surface area (Å²) in [6, 6.07) is 0. The molecule has 14 heavy (non-hydrogen) atoms. The van der Waals surface area contributed by atoms with Gasteiger partial charge in [-0.1, -0.05) is 6.58 Å². The third kappa shape index (κ3) is 1.25. The highest BCUT2D eigenvalue weighted by Gasteiger charge is 2.26. The molecule has 76 valence electrons. The van der Waals surface area contributed by atoms with Crippen molar-refractivity contribution in [3.05, 3.63) is 23.5 Å². The van der Waals surface area contributed by atoms with Gasteiger partial charge in [-0.15, -0.1) is 0 Å². The van der Waals surface area contributed by atoms with Gasteiger partial charge in [-0.05, 0) is 24.8 Å². The van der Waals surface area contributed by atoms with Crippen molar-refractivity contribution in [1.29, 1.82) is 0 Å². The maximum atomic E-state index is 12.6. The van der Waals surface area contributed by atoms with Gasteiger partial charge in [0.2, 0.25) is 0 Å². The van der Waals surface area contributed by atoms with Gasteiger partial charge in [0.1, 0.15) is 5.69 Å². The second-order valence-electron chi connectivity index (χ2n) is 3.59. The van der Waals surface area contributed by atoms with E-state index in [-0.39, 0.29) is 5.69 Å². The van der Waals surface area contributed by atoms with Gasteiger partial charge >= 0.3 is 0 Å². The summed E-state index contributed by atoms with van der Waals surface area (Å²) in [6.45, 7) is 3.88. The van der Waals surface area contributed by atoms with Gasteiger partial charge in [0, 0.05) is 12.6 Å². The van der Waals surface area contributed by atoms with Gasteiger partial charge in [-0.2, -0.15) is 5.10 Å². The Morgan fingerprint density at radius 3 is 2.79 bits per heavy atom. The summed E-state index contributed by atoms with van der Waals surface area (Å²) in [4.78, 5) is 0. The zero-order valence-electron chi connectivity index (χ0n) is 8.06. The van der Waals surface area contributed by atoms with E-state index >= 15 is 0 Å². The molecule has 2 nitrogen and oxygen atoms in total. The number of hydrogen-bond donors (Lipinski definition) is 0. The van der Waals surface area contributed by atoms with Crippen molar-refractivity contribution in [3.63, 3.8) is 0 Å². The van der Waals surface area contributed by atoms with E-state index < -0.39 is 6.43 Å². The van der Waals surface area contributed by atoms with Crippen molar-refractivity contribution < 1.29 is 8.78 Å². The molecule has 2 rings (SSSR count). The number of aryl methyl sites for hydroxylation is 1. The molecule has 1 heterocycles. The predicted molar refractivity (Wildman–Crippen MR) is 50.1 cm³/mol. The fraction of sp³-hybridized carbons (Fsp3) is 0.500. The van der Waals surface area contributed by atoms with Crippen molar-refractivity contribution in [2.24, 2.45) is 7.05 Å². The Balaban J connectivity index is 2.57. The fourth-order valence-corrected chi connectivity index (χ4v) is 2.05. The lowest BCUT2D eigenvalue weighted by atomic mass is 9.92. The Labute approximate surface area is 81.2 Å². The Hall–Kier alpha value is -1.19. The molecule has 0 fully saturated rings. The van der Waals surface area contributed by atoms with Crippen LogP contribution in [-0.4, -0.2) is 9.78 Å². The van der Waals surface area contributed by atoms with Crippen LogP contribution in [0.5, 0.6) is 0 Å². The van der Waals surface area contributed by atoms with Crippen LogP contribution < -0.4 is 0 Å². The van der Waals surface area contributed by atoms with Crippen LogP contribution in [0.2, 0.25) is 0 Å². The van der Waals surface area contributed by atoms with E-state index in [2.05, 4.69) is 11.7 Å². The lowest BCUT2D eigenvalue weighted by molar-refractivity contribution is 0.144. The van der Waals surface area contributed by atoms with Crippen molar-refractivity contribution in [3.8, 4) is 0 Å². The highest BCUT2D eigenvalue weighted by atomic mass is 19.3. The smallest absolute Gasteiger partial charge is 0.268 e. The molecule has 0 saturated heterocycles. The molecule has 0 saturated carbocycles. The first kappa shape index (κ1) is 9.37. The van der Waals surface area contributed by atoms with E-state index in [1.54, 1.807) is 7.05 Å². The molecule has 0 aromatic carbocycles. The van der Waals surface area contributed by atoms with Crippen LogP contribution in [0.3, 0.4) is 0 Å². The van der Waals surface area contributed by atoms with Crippen LogP contribution >= 0.6 is 0 Å². The maximum absolute atomic E-state index is 12.6. The number of rotatable bonds is 1. The highest BCUT2D eigenvalue weighted by Crippen LogP contribution is 2.34. The number of aromatic nitrogens is 2. The lowest BCUT2D eigenvalue weighted by Crippen LogP contribution is -2.04. The van der Waals surface area contributed by atoms with Gasteiger partial charge in [-0.3, -0.25) is 4.68 Å². The first-order valence-electron chi connectivity index (χ1n) is 4.63. The standard InChI is InChI=1S/C10H12F2N2/c1-6-4-3-5-7-8(10(11)12)13-14(2)9(6)7/h10H,1,3-5H2,2H3. The molecule has 1 aromatic heterocycles. The van der Waals surface area contributed by atoms with Crippen molar-refractivity contribution in [2.45, 2.75) is 25.7 Å². The summed E-state index contributed by atoms with van der Waals surface area (Å²) in [5.41, 5.74) is 2.36. The zero-order valence-corrected chi connectivity index (χ0v) is 8.06. The summed E-state index contributed by atoms with van der Waals surface area (Å²) in [5, 5.41) is 3.85. The molecular formula is C10H12F2N2. The molecule has 0 aliphatic heterocycles. The zero-order chi connectivity index (χ0) is 10.3. The predicted octanol–water partition coefficient (Wildman–Crippen LogP) is 2.71. The second kappa shape index (κ2) is 3.19. The SMILES string of the molecule is C=C1CCCc2c(C(F)F)nn(C)c21. The minimum Gasteiger partial charge on any atom is -0.268 e. The molecule has 0 N–H and O–H groups in total. The average Bonchev–Trinajstić information content (AvgIpc) is 2.45. The number of allylic oxidation sites excluding steroid dienone is 1. The Kier molecular flexibility index (Phi) is 2.13. The third-order valence-corrected chi connectivity index (χ3v) is 2.62. The molecule has 1 aliphatic carbocycles. The van der Waals surface area contributed by atoms with Gasteiger partial charge in [0.15, 0.2) is 0 Å². The second-order valence-corrected chi connectivity index (χ2v) is 3.59. The summed E-state index contributed by atoms with van der Waals surface area (Å²) in [5.74, 6) is 0. The Morgan fingerprint density at radius 1 is 1.43 bits per heavy atom. The summed E-state index contributed by atoms with van der Waals surface area (Å²) >= 11 is 0. The van der Waals surface area contributed by atoms with Crippen molar-refractivity contribution in [1.82, 2.24) is 9.78 Å². The number of alkyl halides is 2. The van der Waals surface area contributed by atoms with E-state index in [0.29, 0.717) is 12.0 Å². The van der Waals surface area contributed by atoms with Crippen LogP contribution in [0.15, 0.2) is 6.58 Å². The van der Waals surface area contributed by atoms with Crippen molar-refractivity contribution >= 4 is 5.57 Å². The van der Waals surface area contributed by atoms with Gasteiger partial charge in [0.25, 0.3) is 6.43 Å². The summed E-state index contributed by atoms with van der Waals surface area (Å²) in [7, 11) is 1.70. The number of nitrogens with zero attached hydrogens (tertiary/aromatic N) is 2. The molecule has 0 unspecified atom stereocenters. The molecule has 0 atom stereocenters. The Morgan fingerprint density at radius 2 is 2.14 bits per heavy atom. The van der Waals surface area contributed by atoms with Crippen LogP contribution in [-0.2, 0) is 13.5 Å². The normalized spacial score (nSPS) is 16.1. The summed E-state index contributed by atoms with van der Waals surface area (Å²) < 4.78 is 26.7. The van der Waals surface area contributed by atoms with E-state index in [4.69, 9.17) is 0 Å². The molecular weight excluding hydrogens is 186 g/mol. The number of fused-ring (bicyclic) bond motifs is 1. The minimum atomic E-state index is -2.48. The molecule has 0 spiro atoms. The van der Waals surface area contributed by atoms with Gasteiger partial charge in [-0.25, -0.2) is 8.78 Å². The quantitative estimate of drug-likeness (QED) is 0.678. The summed E-state index contributed by atoms with van der Waals surface area (Å²) in [6.07, 6.45) is 0.00442. The van der Waals surface area contributed by atoms with E-state index in [0.717, 1.165) is 24.1 Å². The van der Waals surface area contributed by atoms with E-state index in [1.807, 2.05) is 0 Å². The lowest BCUT2D eigenvalue weighted by Gasteiger charge is -2.15. The largest absolute Gasteiger partial charge is 0.282 e. The van der Waals surface area contributed by atoms with Gasteiger partial charge in [0.05, 0.1) is 5.69 Å². The number of halogens is 2. The first-order valence-corrected chi connectivity index (χ1v) is 4.63. The van der Waals surface area contributed by atoms with Crippen LogP contribution in [0.1, 0.15) is 36.2 Å². The van der Waals surface area contributed by atoms with E-state index in [9.17, 15) is 8.78 Å². The molecule has 1 aromatic rings. The molecule has 0 amide bonds. The third-order valence-electron chi connectivity index (χ3n) is 2.62. The maximum Gasteiger partial charge on any atom is 0.282 e. The first-order chi connectivity index (χ1) is 6.61.